The summed E-state index contributed by atoms with van der Waals surface area (Å²) in [6, 6.07) is 0. The summed E-state index contributed by atoms with van der Waals surface area (Å²) in [6.07, 6.45) is 29.0. The predicted molar refractivity (Wildman–Crippen MR) is 192 cm³/mol. The third-order valence-corrected chi connectivity index (χ3v) is 12.5. The number of rotatable bonds is 21. The monoisotopic (exact) mass is 680 g/mol. The Bertz CT molecular complexity index is 1220. The van der Waals surface area contributed by atoms with Crippen LogP contribution in [0.3, 0.4) is 0 Å². The fraction of sp³-hybridized carbons (Fsp3) is 0.762. The van der Waals surface area contributed by atoms with Crippen LogP contribution in [0.4, 0.5) is 0 Å². The number of Topliss-reactive ketones (excluding diaryl/α,β-unsaturated/α-hetero) is 1. The van der Waals surface area contributed by atoms with E-state index in [1.807, 2.05) is 6.08 Å². The molecule has 0 radical (unpaired) electrons. The molecule has 7 nitrogen and oxygen atoms in total. The van der Waals surface area contributed by atoms with Crippen LogP contribution in [0.5, 0.6) is 0 Å². The van der Waals surface area contributed by atoms with Crippen LogP contribution in [0, 0.1) is 34.5 Å². The number of carbonyl (C=O) groups is 4. The van der Waals surface area contributed by atoms with Gasteiger partial charge in [-0.25, -0.2) is 0 Å². The number of hydrogen-bond donors (Lipinski definition) is 1. The van der Waals surface area contributed by atoms with Gasteiger partial charge in [-0.2, -0.15) is 0 Å². The number of hydrogen-bond acceptors (Lipinski definition) is 7. The Kier molecular flexibility index (Phi) is 15.4. The zero-order chi connectivity index (χ0) is 35.3. The summed E-state index contributed by atoms with van der Waals surface area (Å²) in [6.45, 7) is 6.61. The fourth-order valence-corrected chi connectivity index (χ4v) is 9.81. The average Bonchev–Trinajstić information content (AvgIpc) is 3.42. The van der Waals surface area contributed by atoms with Crippen molar-refractivity contribution in [3.05, 3.63) is 36.0 Å². The number of allylic oxidation sites excluding steroid dienone is 6. The molecule has 7 heteroatoms. The van der Waals surface area contributed by atoms with Gasteiger partial charge in [0.1, 0.15) is 6.61 Å². The van der Waals surface area contributed by atoms with Crippen molar-refractivity contribution in [2.75, 3.05) is 13.2 Å². The molecule has 0 aromatic carbocycles. The molecule has 0 amide bonds. The van der Waals surface area contributed by atoms with Gasteiger partial charge in [0.25, 0.3) is 0 Å². The van der Waals surface area contributed by atoms with E-state index in [4.69, 9.17) is 9.47 Å². The molecule has 4 aliphatic rings. The van der Waals surface area contributed by atoms with Crippen molar-refractivity contribution >= 4 is 23.5 Å². The summed E-state index contributed by atoms with van der Waals surface area (Å²) in [4.78, 5) is 50.1. The SMILES string of the molecule is CCCCCCC/C=C\CCCCCCCCOC(=O)CCC(=O)OCC(=O)[C@H]1CCC2C3CCC4=CC(=O)C=CC4(C)[C@H]3C(O)CC21C. The molecule has 4 rings (SSSR count). The molecule has 0 spiro atoms. The van der Waals surface area contributed by atoms with Gasteiger partial charge in [0, 0.05) is 17.3 Å². The van der Waals surface area contributed by atoms with Crippen LogP contribution >= 0.6 is 0 Å². The van der Waals surface area contributed by atoms with Crippen molar-refractivity contribution in [1.29, 1.82) is 0 Å². The Hall–Kier alpha value is -2.54. The summed E-state index contributed by atoms with van der Waals surface area (Å²) in [5.41, 5.74) is 0.429. The number of aliphatic hydroxyl groups excluding tert-OH is 1. The second-order valence-electron chi connectivity index (χ2n) is 15.9. The van der Waals surface area contributed by atoms with E-state index in [1.54, 1.807) is 12.2 Å². The van der Waals surface area contributed by atoms with Crippen LogP contribution in [0.1, 0.15) is 149 Å². The summed E-state index contributed by atoms with van der Waals surface area (Å²) < 4.78 is 10.7. The predicted octanol–water partition coefficient (Wildman–Crippen LogP) is 8.96. The Labute approximate surface area is 295 Å². The van der Waals surface area contributed by atoms with Crippen molar-refractivity contribution < 1.29 is 33.8 Å². The highest BCUT2D eigenvalue weighted by Crippen LogP contribution is 2.66. The van der Waals surface area contributed by atoms with Crippen molar-refractivity contribution in [3.8, 4) is 0 Å². The molecule has 5 unspecified atom stereocenters. The summed E-state index contributed by atoms with van der Waals surface area (Å²) in [5.74, 6) is -0.722. The van der Waals surface area contributed by atoms with Crippen molar-refractivity contribution in [3.63, 3.8) is 0 Å². The normalized spacial score (nSPS) is 30.4. The number of aliphatic hydroxyl groups is 1. The number of fused-ring (bicyclic) bond motifs is 5. The van der Waals surface area contributed by atoms with Crippen LogP contribution < -0.4 is 0 Å². The highest BCUT2D eigenvalue weighted by Gasteiger charge is 2.62. The Morgan fingerprint density at radius 1 is 0.857 bits per heavy atom. The lowest BCUT2D eigenvalue weighted by Crippen LogP contribution is -2.56. The maximum absolute atomic E-state index is 13.4. The second-order valence-corrected chi connectivity index (χ2v) is 15.9. The molecule has 274 valence electrons. The molecule has 0 heterocycles. The van der Waals surface area contributed by atoms with E-state index >= 15 is 0 Å². The van der Waals surface area contributed by atoms with Crippen LogP contribution in [0.2, 0.25) is 0 Å². The van der Waals surface area contributed by atoms with Gasteiger partial charge in [-0.15, -0.1) is 0 Å². The minimum atomic E-state index is -0.577. The van der Waals surface area contributed by atoms with E-state index in [0.717, 1.165) is 56.9 Å². The first-order valence-electron chi connectivity index (χ1n) is 19.7. The topological polar surface area (TPSA) is 107 Å². The van der Waals surface area contributed by atoms with Crippen LogP contribution in [-0.2, 0) is 28.7 Å². The highest BCUT2D eigenvalue weighted by molar-refractivity contribution is 6.01. The molecular weight excluding hydrogens is 616 g/mol. The second kappa shape index (κ2) is 19.2. The molecule has 0 aromatic heterocycles. The number of unbranched alkanes of at least 4 members (excludes halogenated alkanes) is 11. The van der Waals surface area contributed by atoms with Gasteiger partial charge in [0.05, 0.1) is 25.6 Å². The third-order valence-electron chi connectivity index (χ3n) is 12.5. The highest BCUT2D eigenvalue weighted by atomic mass is 16.5. The van der Waals surface area contributed by atoms with Crippen LogP contribution in [-0.4, -0.2) is 47.9 Å². The maximum Gasteiger partial charge on any atom is 0.306 e. The number of carbonyl (C=O) groups excluding carboxylic acids is 4. The molecule has 3 saturated carbocycles. The van der Waals surface area contributed by atoms with Gasteiger partial charge < -0.3 is 14.6 Å². The molecule has 0 bridgehead atoms. The molecule has 7 atom stereocenters. The van der Waals surface area contributed by atoms with Gasteiger partial charge in [0.2, 0.25) is 0 Å². The largest absolute Gasteiger partial charge is 0.466 e. The molecule has 49 heavy (non-hydrogen) atoms. The smallest absolute Gasteiger partial charge is 0.306 e. The van der Waals surface area contributed by atoms with Gasteiger partial charge in [-0.1, -0.05) is 95.9 Å². The first-order valence-corrected chi connectivity index (χ1v) is 19.7. The standard InChI is InChI=1S/C42H64O7/c1-4-5-6-7-8-9-10-11-12-13-14-15-16-17-18-27-48-38(46)23-24-39(47)49-30-37(45)35-22-21-34-33-20-19-31-28-32(43)25-26-41(31,2)40(33)36(44)29-42(34,35)3/h10-11,25-26,28,33-36,40,44H,4-9,12-24,27,29-30H2,1-3H3/b11-10-/t33?,34?,35-,36?,40-,41?,42?/m1/s1. The lowest BCUT2D eigenvalue weighted by atomic mass is 9.46. The molecular formula is C42H64O7. The van der Waals surface area contributed by atoms with Crippen LogP contribution in [0.25, 0.3) is 0 Å². The molecule has 1 N–H and O–H groups in total. The molecule has 0 saturated heterocycles. The van der Waals surface area contributed by atoms with Gasteiger partial charge >= 0.3 is 11.9 Å². The lowest BCUT2D eigenvalue weighted by Gasteiger charge is -2.58. The molecule has 0 aromatic rings. The number of esters is 2. The summed E-state index contributed by atoms with van der Waals surface area (Å²) in [7, 11) is 0. The zero-order valence-corrected chi connectivity index (χ0v) is 30.7. The first-order chi connectivity index (χ1) is 23.6. The number of ether oxygens (including phenoxy) is 2. The molecule has 4 aliphatic carbocycles. The Balaban J connectivity index is 1.05. The molecule has 3 fully saturated rings. The van der Waals surface area contributed by atoms with Crippen molar-refractivity contribution in [1.82, 2.24) is 0 Å². The van der Waals surface area contributed by atoms with E-state index in [9.17, 15) is 24.3 Å². The van der Waals surface area contributed by atoms with E-state index in [1.165, 1.54) is 57.8 Å². The zero-order valence-electron chi connectivity index (χ0n) is 30.7. The Morgan fingerprint density at radius 3 is 2.18 bits per heavy atom. The fourth-order valence-electron chi connectivity index (χ4n) is 9.81. The van der Waals surface area contributed by atoms with Gasteiger partial charge in [0.15, 0.2) is 11.6 Å². The van der Waals surface area contributed by atoms with E-state index in [2.05, 4.69) is 32.9 Å². The van der Waals surface area contributed by atoms with Gasteiger partial charge in [-0.05, 0) is 93.6 Å². The number of ketones is 2. The Morgan fingerprint density at radius 2 is 1.49 bits per heavy atom. The van der Waals surface area contributed by atoms with Crippen LogP contribution in [0.15, 0.2) is 36.0 Å². The summed E-state index contributed by atoms with van der Waals surface area (Å²) >= 11 is 0. The average molecular weight is 681 g/mol. The van der Waals surface area contributed by atoms with E-state index < -0.39 is 18.0 Å². The third kappa shape index (κ3) is 10.5. The maximum atomic E-state index is 13.4. The quantitative estimate of drug-likeness (QED) is 0.0733. The van der Waals surface area contributed by atoms with E-state index in [-0.39, 0.29) is 59.6 Å². The van der Waals surface area contributed by atoms with Crippen molar-refractivity contribution in [2.24, 2.45) is 34.5 Å². The van der Waals surface area contributed by atoms with E-state index in [0.29, 0.717) is 18.9 Å². The first kappa shape index (κ1) is 39.2. The molecule has 0 aliphatic heterocycles. The minimum Gasteiger partial charge on any atom is -0.466 e. The van der Waals surface area contributed by atoms with Gasteiger partial charge in [-0.3, -0.25) is 19.2 Å². The lowest BCUT2D eigenvalue weighted by molar-refractivity contribution is -0.155. The minimum absolute atomic E-state index is 0.0212. The summed E-state index contributed by atoms with van der Waals surface area (Å²) in [5, 5.41) is 11.5. The van der Waals surface area contributed by atoms with Crippen molar-refractivity contribution in [2.45, 2.75) is 155 Å².